The highest BCUT2D eigenvalue weighted by molar-refractivity contribution is 6.06. The number of nitrogens with one attached hydrogen (secondary N) is 6. The van der Waals surface area contributed by atoms with Gasteiger partial charge >= 0.3 is 24.2 Å². The van der Waals surface area contributed by atoms with Crippen molar-refractivity contribution < 1.29 is 68.6 Å². The van der Waals surface area contributed by atoms with Crippen LogP contribution in [0.15, 0.2) is 113 Å². The van der Waals surface area contributed by atoms with Gasteiger partial charge in [-0.1, -0.05) is 114 Å². The number of carbonyl (C=O) groups excluding carboxylic acids is 5. The van der Waals surface area contributed by atoms with Crippen LogP contribution in [0.5, 0.6) is 0 Å². The molecular weight excluding hydrogens is 1390 g/mol. The van der Waals surface area contributed by atoms with E-state index < -0.39 is 104 Å². The van der Waals surface area contributed by atoms with Gasteiger partial charge in [0.15, 0.2) is 0 Å². The Labute approximate surface area is 665 Å². The number of likely N-dealkylation sites (tertiary alicyclic amines) is 2. The van der Waals surface area contributed by atoms with Crippen molar-refractivity contribution >= 4 is 69.9 Å². The molecule has 1 aromatic heterocycles. The van der Waals surface area contributed by atoms with Gasteiger partial charge in [-0.3, -0.25) is 24.6 Å². The number of hydrogen-bond donors (Lipinski definition) is 7. The van der Waals surface area contributed by atoms with Gasteiger partial charge < -0.3 is 60.7 Å². The molecule has 5 amide bonds. The summed E-state index contributed by atoms with van der Waals surface area (Å²) in [4.78, 5) is 101. The van der Waals surface area contributed by atoms with Crippen molar-refractivity contribution in [2.75, 3.05) is 34.4 Å². The lowest BCUT2D eigenvalue weighted by Gasteiger charge is -2.33. The Balaban J connectivity index is 0.000000173. The van der Waals surface area contributed by atoms with E-state index in [0.717, 1.165) is 129 Å². The number of allylic oxidation sites excluding steroid dienone is 3. The maximum absolute atomic E-state index is 14.5. The Kier molecular flexibility index (Phi) is 16.4. The topological polar surface area (TPSA) is 283 Å². The summed E-state index contributed by atoms with van der Waals surface area (Å²) in [5.41, 5.74) is 22.9. The molecule has 5 aromatic rings. The molecule has 10 unspecified atom stereocenters. The number of aromatic amines is 1. The summed E-state index contributed by atoms with van der Waals surface area (Å²) in [6, 6.07) is 17.8. The van der Waals surface area contributed by atoms with Gasteiger partial charge in [0.25, 0.3) is 0 Å². The number of fused-ring (bicyclic) bond motifs is 12. The van der Waals surface area contributed by atoms with E-state index in [9.17, 15) is 28.8 Å². The summed E-state index contributed by atoms with van der Waals surface area (Å²) in [6.07, 6.45) is 20.7. The third kappa shape index (κ3) is 14.6. The van der Waals surface area contributed by atoms with Gasteiger partial charge in [-0.15, -0.1) is 0 Å². The van der Waals surface area contributed by atoms with Gasteiger partial charge in [0.2, 0.25) is 11.8 Å². The zero-order valence-corrected chi connectivity index (χ0v) is 62.9. The molecule has 578 valence electrons. The van der Waals surface area contributed by atoms with Crippen molar-refractivity contribution in [3.8, 4) is 33.5 Å². The first-order valence-electron chi connectivity index (χ1n) is 46.3. The fourth-order valence-corrected chi connectivity index (χ4v) is 19.5. The first-order valence-corrected chi connectivity index (χ1v) is 38.8. The largest absolute Gasteiger partial charge is 0.480 e. The first-order chi connectivity index (χ1) is 59.0. The van der Waals surface area contributed by atoms with Crippen LogP contribution in [0.25, 0.3) is 50.2 Å². The number of methoxy groups -OCH3 is 3. The number of nitrogens with zero attached hydrogens (tertiary/aromatic N) is 6. The van der Waals surface area contributed by atoms with E-state index in [0.29, 0.717) is 80.6 Å². The van der Waals surface area contributed by atoms with Gasteiger partial charge in [0.1, 0.15) is 23.9 Å². The molecule has 0 spiro atoms. The number of carbonyl (C=O) groups is 6. The average molecular weight is 1510 g/mol. The molecule has 13 aliphatic rings. The van der Waals surface area contributed by atoms with Crippen molar-refractivity contribution in [1.29, 1.82) is 0 Å². The predicted octanol–water partition coefficient (Wildman–Crippen LogP) is 14.8. The van der Waals surface area contributed by atoms with E-state index in [2.05, 4.69) is 97.3 Å². The van der Waals surface area contributed by atoms with Crippen molar-refractivity contribution in [2.45, 2.75) is 228 Å². The summed E-state index contributed by atoms with van der Waals surface area (Å²) >= 11 is 0. The van der Waals surface area contributed by atoms with E-state index in [1.165, 1.54) is 108 Å². The molecule has 22 heteroatoms. The number of alkyl carbamates (subject to hydrolysis) is 3. The maximum Gasteiger partial charge on any atom is 0.407 e. The number of carboxylic acid groups (broad SMARTS) is 1. The van der Waals surface area contributed by atoms with Crippen molar-refractivity contribution in [3.63, 3.8) is 0 Å². The molecule has 4 bridgehead atoms. The van der Waals surface area contributed by atoms with E-state index in [1.807, 2.05) is 29.8 Å². The van der Waals surface area contributed by atoms with E-state index >= 15 is 0 Å². The van der Waals surface area contributed by atoms with Gasteiger partial charge in [-0.25, -0.2) is 24.2 Å². The smallest absolute Gasteiger partial charge is 0.407 e. The van der Waals surface area contributed by atoms with Crippen LogP contribution >= 0.6 is 0 Å². The standard InChI is InChI=1S/C48H58N6O6.C33H35N5.C7H13NO4/c1-25(2)43(51-47(57)59-5)45(55)53-17-7-8-38(53)36-20-33(24-50-36)35-16-15-34(41-29-13-14-30(18-29)42(35)41)28-11-9-27(10-12-28)32-19-37(49-23-32)40-22-31-21-39(31)54(40)46(56)44(26(3)4)52-48(58)60-6;1-2-26(34-11-1)28-15-23(16-35-28)25-10-9-24(31-20-7-8-21(12-20)32(25)31)18-3-5-19(6-4-18)30-17-36-33(38-30)29-14-22-13-27(22)37-29;1-4(2)5(6(9)10)8-7(11)12-3/h9-12,15-16,23-26,29-31,38-40,43-44H,7-8,13-14,17-22H2,1-6H3,(H,51,57)(H,52,58);3-6,9-10,16-17,20-22,26-27,29,34,37H,1-2,7-8,11-15H2,(H,36,38);4-5H,1-3H3,(H,8,11)(H,9,10)/t29?,30?,31?,38-,39?,40-,43-,44-;20?,21?,22?,26-,27?,29?;5-/m000/s1/i3D3,4D3,25D,26D,43D,44D;;1D3,4D,5D/t2m;4?,5-. The second-order valence-corrected chi connectivity index (χ2v) is 31.8. The number of rotatable bonds is 19. The zero-order valence-electron chi connectivity index (χ0n) is 77.9. The quantitative estimate of drug-likeness (QED) is 0.0379. The molecule has 4 saturated heterocycles. The second kappa shape index (κ2) is 31.0. The lowest BCUT2D eigenvalue weighted by molar-refractivity contribution is -0.140. The Bertz CT molecular complexity index is 5340. The predicted molar refractivity (Wildman–Crippen MR) is 426 cm³/mol. The van der Waals surface area contributed by atoms with Crippen LogP contribution in [0.4, 0.5) is 14.4 Å². The Morgan fingerprint density at radius 2 is 1.05 bits per heavy atom. The number of benzene rings is 4. The number of carboxylic acids is 1. The molecule has 110 heavy (non-hydrogen) atoms. The second-order valence-electron chi connectivity index (χ2n) is 31.8. The van der Waals surface area contributed by atoms with Gasteiger partial charge in [0, 0.05) is 96.1 Å². The minimum absolute atomic E-state index is 0.00478. The van der Waals surface area contributed by atoms with Gasteiger partial charge in [0.05, 0.1) is 55.5 Å². The number of imidazole rings is 1. The summed E-state index contributed by atoms with van der Waals surface area (Å²) in [5, 5.41) is 21.9. The van der Waals surface area contributed by atoms with E-state index in [1.54, 1.807) is 27.5 Å². The van der Waals surface area contributed by atoms with E-state index in [4.69, 9.17) is 50.4 Å². The molecule has 22 nitrogen and oxygen atoms in total. The minimum atomic E-state index is -3.77. The maximum atomic E-state index is 14.5. The van der Waals surface area contributed by atoms with Gasteiger partial charge in [-0.05, 0) is 233 Å². The number of ether oxygens (including phenoxy) is 3. The number of aliphatic carboxylic acids is 1. The highest BCUT2D eigenvalue weighted by Crippen LogP contribution is 2.60. The van der Waals surface area contributed by atoms with E-state index in [-0.39, 0.29) is 12.0 Å². The lowest BCUT2D eigenvalue weighted by Crippen LogP contribution is -2.54. The highest BCUT2D eigenvalue weighted by Gasteiger charge is 2.57. The molecule has 0 radical (unpaired) electrons. The number of aliphatic imine (C=N–C) groups is 3. The normalized spacial score (nSPS) is 31.2. The van der Waals surface area contributed by atoms with Crippen molar-refractivity contribution in [2.24, 2.45) is 44.5 Å². The molecule has 8 heterocycles. The lowest BCUT2D eigenvalue weighted by atomic mass is 9.80. The fourth-order valence-electron chi connectivity index (χ4n) is 19.5. The monoisotopic (exact) mass is 1510 g/mol. The molecule has 18 rings (SSSR count). The number of aromatic nitrogens is 2. The average Bonchev–Trinajstić information content (AvgIpc) is 1.67. The van der Waals surface area contributed by atoms with Crippen LogP contribution < -0.4 is 26.6 Å². The number of amides is 5. The highest BCUT2D eigenvalue weighted by atomic mass is 16.5. The minimum Gasteiger partial charge on any atom is -0.480 e. The third-order valence-corrected chi connectivity index (χ3v) is 25.0. The van der Waals surface area contributed by atoms with Crippen molar-refractivity contribution in [1.82, 2.24) is 46.4 Å². The van der Waals surface area contributed by atoms with Crippen molar-refractivity contribution in [3.05, 3.63) is 142 Å². The molecule has 8 fully saturated rings. The summed E-state index contributed by atoms with van der Waals surface area (Å²) in [6.45, 7) is -5.40. The van der Waals surface area contributed by atoms with Crippen LogP contribution in [0, 0.1) is 29.5 Å². The number of piperidine rings is 2. The first kappa shape index (κ1) is 58.4. The Morgan fingerprint density at radius 1 is 0.527 bits per heavy atom. The van der Waals surface area contributed by atoms with Crippen LogP contribution in [-0.2, 0) is 28.6 Å². The van der Waals surface area contributed by atoms with Crippen LogP contribution in [0.3, 0.4) is 0 Å². The molecule has 4 aromatic carbocycles. The zero-order chi connectivity index (χ0) is 89.5. The summed E-state index contributed by atoms with van der Waals surface area (Å²) in [5.74, 6) is -7.93. The molecule has 7 N–H and O–H groups in total. The number of hydrogen-bond acceptors (Lipinski definition) is 15. The SMILES string of the molecule is C1=C(c2ccc(-c3ccc(-c4cnc(C5CC6CC6N5)[nH]4)cc3)c3c2C2CCC3C2)CC([C@@H]2CCCN2)=N1.[2H]C([2H])([2H])C([2H])(C([2H])([2H])[2H])[C@]([2H])(NC(=O)OC)C(=O)N1C2CC2C[C@H]1C1=NC=C(c2ccc(-c3ccc(C4=CN=C([C@@H]5CCCN5C(=O)[C@@]([2H])(NC(=O)OC)C([2H])(C)C)C4)c4c3C3CCC4C3)cc2)C1.[2H]C([2H])([2H])C([2H])(C)[C@]([2H])(NC(=O)OC)C(=O)O. The number of H-pyrrole nitrogens is 1. The van der Waals surface area contributed by atoms with Crippen LogP contribution in [0.1, 0.15) is 246 Å². The molecule has 4 saturated carbocycles. The Hall–Kier alpha value is -9.54. The van der Waals surface area contributed by atoms with Gasteiger partial charge in [-0.2, -0.15) is 0 Å². The Morgan fingerprint density at radius 3 is 1.59 bits per heavy atom. The summed E-state index contributed by atoms with van der Waals surface area (Å²) < 4.78 is 134. The van der Waals surface area contributed by atoms with Crippen LogP contribution in [-0.4, -0.2) is 161 Å². The molecule has 6 aliphatic carbocycles. The molecule has 7 aliphatic heterocycles. The molecular formula is C88H106N12O10. The third-order valence-electron chi connectivity index (χ3n) is 25.0. The summed E-state index contributed by atoms with van der Waals surface area (Å²) in [7, 11) is 3.00. The molecule has 16 atom stereocenters. The fraction of sp³-hybridized carbons (Fsp3) is 0.523. The van der Waals surface area contributed by atoms with Crippen LogP contribution in [0.2, 0.25) is 0 Å².